The van der Waals surface area contributed by atoms with Gasteiger partial charge in [-0.1, -0.05) is 6.07 Å². The molecule has 3 aromatic rings. The van der Waals surface area contributed by atoms with Crippen molar-refractivity contribution in [3.8, 4) is 11.6 Å². The molecule has 20 heavy (non-hydrogen) atoms. The summed E-state index contributed by atoms with van der Waals surface area (Å²) in [7, 11) is 0. The molecule has 0 radical (unpaired) electrons. The molecule has 7 nitrogen and oxygen atoms in total. The number of anilines is 2. The highest BCUT2D eigenvalue weighted by molar-refractivity contribution is 5.85. The molecule has 0 fully saturated rings. The molecular formula is C13H12N6O. The fourth-order valence-corrected chi connectivity index (χ4v) is 1.85. The summed E-state index contributed by atoms with van der Waals surface area (Å²) in [5.41, 5.74) is 8.84. The van der Waals surface area contributed by atoms with Gasteiger partial charge in [0, 0.05) is 17.6 Å². The maximum absolute atomic E-state index is 5.75. The molecule has 0 aliphatic heterocycles. The van der Waals surface area contributed by atoms with Crippen LogP contribution in [-0.2, 0) is 0 Å². The van der Waals surface area contributed by atoms with Gasteiger partial charge in [-0.15, -0.1) is 0 Å². The Labute approximate surface area is 114 Å². The van der Waals surface area contributed by atoms with Gasteiger partial charge < -0.3 is 15.9 Å². The van der Waals surface area contributed by atoms with Crippen LogP contribution in [0, 0.1) is 0 Å². The molecule has 0 atom stereocenters. The van der Waals surface area contributed by atoms with Gasteiger partial charge in [-0.2, -0.15) is 9.97 Å². The Morgan fingerprint density at radius 2 is 2.00 bits per heavy atom. The van der Waals surface area contributed by atoms with Crippen molar-refractivity contribution in [3.05, 3.63) is 42.6 Å². The van der Waals surface area contributed by atoms with E-state index in [-0.39, 0.29) is 5.95 Å². The SMILES string of the molecule is NNc1cc(Oc2cccc3ncccc23)nc(N)n1. The molecule has 0 saturated heterocycles. The summed E-state index contributed by atoms with van der Waals surface area (Å²) in [6.07, 6.45) is 1.73. The Morgan fingerprint density at radius 3 is 2.85 bits per heavy atom. The number of ether oxygens (including phenoxy) is 1. The van der Waals surface area contributed by atoms with Gasteiger partial charge in [0.05, 0.1) is 5.52 Å². The number of benzene rings is 1. The summed E-state index contributed by atoms with van der Waals surface area (Å²) >= 11 is 0. The van der Waals surface area contributed by atoms with E-state index >= 15 is 0 Å². The van der Waals surface area contributed by atoms with Crippen molar-refractivity contribution in [2.75, 3.05) is 11.2 Å². The molecule has 1 aromatic carbocycles. The van der Waals surface area contributed by atoms with Crippen molar-refractivity contribution in [1.82, 2.24) is 15.0 Å². The van der Waals surface area contributed by atoms with E-state index in [9.17, 15) is 0 Å². The third kappa shape index (κ3) is 2.29. The van der Waals surface area contributed by atoms with Crippen LogP contribution in [0.3, 0.4) is 0 Å². The zero-order valence-corrected chi connectivity index (χ0v) is 10.4. The third-order valence-electron chi connectivity index (χ3n) is 2.69. The second-order valence-corrected chi connectivity index (χ2v) is 4.02. The van der Waals surface area contributed by atoms with Gasteiger partial charge in [-0.25, -0.2) is 5.84 Å². The van der Waals surface area contributed by atoms with E-state index in [1.807, 2.05) is 30.3 Å². The molecule has 3 rings (SSSR count). The Hall–Kier alpha value is -2.93. The highest BCUT2D eigenvalue weighted by atomic mass is 16.5. The van der Waals surface area contributed by atoms with Gasteiger partial charge in [0.1, 0.15) is 11.6 Å². The predicted molar refractivity (Wildman–Crippen MR) is 76.1 cm³/mol. The number of nitrogens with zero attached hydrogens (tertiary/aromatic N) is 3. The summed E-state index contributed by atoms with van der Waals surface area (Å²) in [5, 5.41) is 0.884. The van der Waals surface area contributed by atoms with Crippen molar-refractivity contribution in [2.24, 2.45) is 5.84 Å². The van der Waals surface area contributed by atoms with Crippen molar-refractivity contribution in [2.45, 2.75) is 0 Å². The molecule has 0 aliphatic rings. The minimum Gasteiger partial charge on any atom is -0.438 e. The molecule has 100 valence electrons. The number of fused-ring (bicyclic) bond motifs is 1. The molecule has 0 aliphatic carbocycles. The van der Waals surface area contributed by atoms with E-state index in [2.05, 4.69) is 20.4 Å². The van der Waals surface area contributed by atoms with Crippen molar-refractivity contribution < 1.29 is 4.74 Å². The minimum absolute atomic E-state index is 0.0776. The lowest BCUT2D eigenvalue weighted by Crippen LogP contribution is -2.10. The van der Waals surface area contributed by atoms with Crippen LogP contribution >= 0.6 is 0 Å². The predicted octanol–water partition coefficient (Wildman–Crippen LogP) is 1.68. The molecule has 0 spiro atoms. The maximum Gasteiger partial charge on any atom is 0.226 e. The van der Waals surface area contributed by atoms with Crippen LogP contribution in [0.2, 0.25) is 0 Å². The zero-order valence-electron chi connectivity index (χ0n) is 10.4. The topological polar surface area (TPSA) is 112 Å². The molecule has 0 bridgehead atoms. The number of hydrazine groups is 1. The minimum atomic E-state index is 0.0776. The van der Waals surface area contributed by atoms with E-state index < -0.39 is 0 Å². The Bertz CT molecular complexity index is 755. The number of aromatic nitrogens is 3. The molecule has 0 unspecified atom stereocenters. The van der Waals surface area contributed by atoms with Crippen LogP contribution in [0.4, 0.5) is 11.8 Å². The van der Waals surface area contributed by atoms with Crippen LogP contribution in [0.1, 0.15) is 0 Å². The summed E-state index contributed by atoms with van der Waals surface area (Å²) in [4.78, 5) is 12.2. The first kappa shape index (κ1) is 12.1. The number of hydrogen-bond acceptors (Lipinski definition) is 7. The second-order valence-electron chi connectivity index (χ2n) is 4.02. The van der Waals surface area contributed by atoms with Crippen molar-refractivity contribution in [1.29, 1.82) is 0 Å². The average molecular weight is 268 g/mol. The number of pyridine rings is 1. The fraction of sp³-hybridized carbons (Fsp3) is 0. The summed E-state index contributed by atoms with van der Waals surface area (Å²) < 4.78 is 5.75. The second kappa shape index (κ2) is 4.98. The summed E-state index contributed by atoms with van der Waals surface area (Å²) in [6, 6.07) is 10.9. The Morgan fingerprint density at radius 1 is 1.10 bits per heavy atom. The molecule has 5 N–H and O–H groups in total. The number of nitrogens with two attached hydrogens (primary N) is 2. The third-order valence-corrected chi connectivity index (χ3v) is 2.69. The quantitative estimate of drug-likeness (QED) is 0.489. The molecular weight excluding hydrogens is 256 g/mol. The van der Waals surface area contributed by atoms with Gasteiger partial charge in [-0.3, -0.25) is 4.98 Å². The molecule has 2 heterocycles. The molecule has 7 heteroatoms. The first-order valence-electron chi connectivity index (χ1n) is 5.89. The Balaban J connectivity index is 2.03. The molecule has 2 aromatic heterocycles. The van der Waals surface area contributed by atoms with Crippen LogP contribution < -0.4 is 21.7 Å². The molecule has 0 amide bonds. The average Bonchev–Trinajstić information content (AvgIpc) is 2.47. The standard InChI is InChI=1S/C13H12N6O/c14-13-17-11(19-15)7-12(18-13)20-10-5-1-4-9-8(10)3-2-6-16-9/h1-7H,15H2,(H3,14,17,18,19). The monoisotopic (exact) mass is 268 g/mol. The number of hydrogen-bond donors (Lipinski definition) is 3. The van der Waals surface area contributed by atoms with Gasteiger partial charge in [0.2, 0.25) is 11.8 Å². The normalized spacial score (nSPS) is 10.4. The van der Waals surface area contributed by atoms with Gasteiger partial charge in [0.25, 0.3) is 0 Å². The smallest absolute Gasteiger partial charge is 0.226 e. The summed E-state index contributed by atoms with van der Waals surface area (Å²) in [6.45, 7) is 0. The number of rotatable bonds is 3. The van der Waals surface area contributed by atoms with Crippen molar-refractivity contribution >= 4 is 22.7 Å². The number of nitrogens with one attached hydrogen (secondary N) is 1. The highest BCUT2D eigenvalue weighted by Crippen LogP contribution is 2.28. The first-order valence-corrected chi connectivity index (χ1v) is 5.89. The van der Waals surface area contributed by atoms with Gasteiger partial charge in [0.15, 0.2) is 0 Å². The lowest BCUT2D eigenvalue weighted by Gasteiger charge is -2.09. The highest BCUT2D eigenvalue weighted by Gasteiger charge is 2.07. The Kier molecular flexibility index (Phi) is 3.02. The fourth-order valence-electron chi connectivity index (χ4n) is 1.85. The van der Waals surface area contributed by atoms with Crippen LogP contribution in [0.15, 0.2) is 42.6 Å². The molecule has 0 saturated carbocycles. The van der Waals surface area contributed by atoms with Gasteiger partial charge in [-0.05, 0) is 24.3 Å². The van der Waals surface area contributed by atoms with E-state index in [1.54, 1.807) is 12.3 Å². The number of nitrogen functional groups attached to an aromatic ring is 2. The maximum atomic E-state index is 5.75. The van der Waals surface area contributed by atoms with E-state index in [0.717, 1.165) is 10.9 Å². The van der Waals surface area contributed by atoms with E-state index in [0.29, 0.717) is 17.4 Å². The van der Waals surface area contributed by atoms with Crippen molar-refractivity contribution in [3.63, 3.8) is 0 Å². The van der Waals surface area contributed by atoms with Crippen LogP contribution in [-0.4, -0.2) is 15.0 Å². The van der Waals surface area contributed by atoms with Crippen LogP contribution in [0.5, 0.6) is 11.6 Å². The lowest BCUT2D eigenvalue weighted by molar-refractivity contribution is 0.468. The summed E-state index contributed by atoms with van der Waals surface area (Å²) in [5.74, 6) is 6.71. The largest absolute Gasteiger partial charge is 0.438 e. The lowest BCUT2D eigenvalue weighted by atomic mass is 10.2. The van der Waals surface area contributed by atoms with E-state index in [4.69, 9.17) is 16.3 Å². The first-order chi connectivity index (χ1) is 9.76. The zero-order chi connectivity index (χ0) is 13.9. The van der Waals surface area contributed by atoms with Crippen LogP contribution in [0.25, 0.3) is 10.9 Å². The van der Waals surface area contributed by atoms with E-state index in [1.165, 1.54) is 0 Å². The van der Waals surface area contributed by atoms with Gasteiger partial charge >= 0.3 is 0 Å².